The molecule has 0 aliphatic rings. The molecule has 0 aliphatic carbocycles. The van der Waals surface area contributed by atoms with E-state index in [1.165, 1.54) is 0 Å². The number of hydrogen-bond acceptors (Lipinski definition) is 2. The quantitative estimate of drug-likeness (QED) is 0.859. The minimum Gasteiger partial charge on any atom is -0.480 e. The van der Waals surface area contributed by atoms with Crippen LogP contribution in [0.2, 0.25) is 0 Å². The van der Waals surface area contributed by atoms with Crippen LogP contribution in [0.1, 0.15) is 25.7 Å². The number of fused-ring (bicyclic) bond motifs is 1. The molecule has 1 aromatic carbocycles. The molecule has 1 heterocycles. The fourth-order valence-corrected chi connectivity index (χ4v) is 1.89. The summed E-state index contributed by atoms with van der Waals surface area (Å²) in [6.45, 7) is 3.65. The first kappa shape index (κ1) is 10.7. The van der Waals surface area contributed by atoms with Gasteiger partial charge in [-0.1, -0.05) is 19.1 Å². The fraction of sp³-hybridized carbons (Fsp3) is 0.333. The van der Waals surface area contributed by atoms with Crippen LogP contribution in [0, 0.1) is 0 Å². The Morgan fingerprint density at radius 1 is 1.50 bits per heavy atom. The number of rotatable bonds is 3. The maximum atomic E-state index is 11.1. The number of carboxylic acid groups (broad SMARTS) is 1. The molecular weight excluding hydrogens is 204 g/mol. The Labute approximate surface area is 93.5 Å². The highest BCUT2D eigenvalue weighted by Gasteiger charge is 2.19. The zero-order chi connectivity index (χ0) is 11.7. The first-order valence-corrected chi connectivity index (χ1v) is 5.33. The zero-order valence-corrected chi connectivity index (χ0v) is 9.34. The smallest absolute Gasteiger partial charge is 0.326 e. The number of aryl methyl sites for hydroxylation is 1. The van der Waals surface area contributed by atoms with E-state index in [-0.39, 0.29) is 0 Å². The van der Waals surface area contributed by atoms with E-state index in [9.17, 15) is 4.79 Å². The molecule has 4 heteroatoms. The molecule has 0 saturated heterocycles. The zero-order valence-electron chi connectivity index (χ0n) is 9.34. The van der Waals surface area contributed by atoms with Gasteiger partial charge in [-0.2, -0.15) is 0 Å². The van der Waals surface area contributed by atoms with Crippen molar-refractivity contribution in [3.63, 3.8) is 0 Å². The Bertz CT molecular complexity index is 531. The van der Waals surface area contributed by atoms with Crippen molar-refractivity contribution < 1.29 is 9.90 Å². The Morgan fingerprint density at radius 2 is 2.19 bits per heavy atom. The largest absolute Gasteiger partial charge is 0.480 e. The van der Waals surface area contributed by atoms with E-state index in [4.69, 9.17) is 5.11 Å². The molecule has 1 atom stereocenters. The Morgan fingerprint density at radius 3 is 2.81 bits per heavy atom. The number of hydrogen-bond donors (Lipinski definition) is 1. The Hall–Kier alpha value is -1.84. The summed E-state index contributed by atoms with van der Waals surface area (Å²) in [6.07, 6.45) is 0.728. The molecule has 1 N–H and O–H groups in total. The number of carbonyl (C=O) groups is 1. The van der Waals surface area contributed by atoms with Crippen LogP contribution in [0.4, 0.5) is 0 Å². The number of benzene rings is 1. The van der Waals surface area contributed by atoms with Crippen LogP contribution < -0.4 is 0 Å². The highest BCUT2D eigenvalue weighted by atomic mass is 16.4. The van der Waals surface area contributed by atoms with Crippen molar-refractivity contribution in [3.05, 3.63) is 30.1 Å². The Balaban J connectivity index is 2.69. The van der Waals surface area contributed by atoms with Gasteiger partial charge in [0.15, 0.2) is 0 Å². The minimum absolute atomic E-state index is 0.581. The topological polar surface area (TPSA) is 55.1 Å². The van der Waals surface area contributed by atoms with Gasteiger partial charge in [0.1, 0.15) is 11.9 Å². The maximum Gasteiger partial charge on any atom is 0.326 e. The van der Waals surface area contributed by atoms with Crippen molar-refractivity contribution in [2.24, 2.45) is 0 Å². The van der Waals surface area contributed by atoms with Crippen LogP contribution in [0.5, 0.6) is 0 Å². The third-order valence-corrected chi connectivity index (χ3v) is 2.73. The summed E-state index contributed by atoms with van der Waals surface area (Å²) in [5.41, 5.74) is 1.74. The molecule has 2 aromatic rings. The molecule has 0 spiro atoms. The maximum absolute atomic E-state index is 11.1. The second-order valence-electron chi connectivity index (χ2n) is 3.75. The minimum atomic E-state index is -0.835. The third kappa shape index (κ3) is 1.56. The van der Waals surface area contributed by atoms with Crippen LogP contribution in [-0.4, -0.2) is 20.6 Å². The summed E-state index contributed by atoms with van der Waals surface area (Å²) in [5, 5.41) is 9.08. The van der Waals surface area contributed by atoms with Gasteiger partial charge >= 0.3 is 5.97 Å². The predicted octanol–water partition coefficient (Wildman–Crippen LogP) is 2.24. The fourth-order valence-electron chi connectivity index (χ4n) is 1.89. The average Bonchev–Trinajstić information content (AvgIpc) is 2.66. The monoisotopic (exact) mass is 218 g/mol. The van der Waals surface area contributed by atoms with Gasteiger partial charge in [0.25, 0.3) is 0 Å². The van der Waals surface area contributed by atoms with Crippen molar-refractivity contribution in [1.29, 1.82) is 0 Å². The van der Waals surface area contributed by atoms with Gasteiger partial charge in [-0.25, -0.2) is 9.78 Å². The lowest BCUT2D eigenvalue weighted by molar-refractivity contribution is -0.140. The molecule has 16 heavy (non-hydrogen) atoms. The van der Waals surface area contributed by atoms with Gasteiger partial charge in [0, 0.05) is 6.42 Å². The standard InChI is InChI=1S/C12H14N2O2/c1-3-11-13-9-6-4-5-7-10(9)14(11)8(2)12(15)16/h4-8H,3H2,1-2H3,(H,15,16)/t8-/m1/s1. The van der Waals surface area contributed by atoms with Crippen LogP contribution in [-0.2, 0) is 11.2 Å². The second-order valence-corrected chi connectivity index (χ2v) is 3.75. The summed E-state index contributed by atoms with van der Waals surface area (Å²) >= 11 is 0. The molecular formula is C12H14N2O2. The van der Waals surface area contributed by atoms with E-state index in [1.54, 1.807) is 11.5 Å². The number of carboxylic acids is 1. The van der Waals surface area contributed by atoms with Crippen LogP contribution in [0.25, 0.3) is 11.0 Å². The molecule has 0 fully saturated rings. The van der Waals surface area contributed by atoms with Gasteiger partial charge in [-0.3, -0.25) is 0 Å². The van der Waals surface area contributed by atoms with Crippen molar-refractivity contribution in [2.75, 3.05) is 0 Å². The van der Waals surface area contributed by atoms with Crippen LogP contribution >= 0.6 is 0 Å². The van der Waals surface area contributed by atoms with Crippen molar-refractivity contribution in [1.82, 2.24) is 9.55 Å². The van der Waals surface area contributed by atoms with Crippen molar-refractivity contribution in [3.8, 4) is 0 Å². The predicted molar refractivity (Wildman–Crippen MR) is 61.5 cm³/mol. The highest BCUT2D eigenvalue weighted by molar-refractivity contribution is 5.80. The van der Waals surface area contributed by atoms with Gasteiger partial charge in [0.2, 0.25) is 0 Å². The number of para-hydroxylation sites is 2. The first-order chi connectivity index (χ1) is 7.65. The summed E-state index contributed by atoms with van der Waals surface area (Å²) in [7, 11) is 0. The summed E-state index contributed by atoms with van der Waals surface area (Å²) in [6, 6.07) is 7.03. The summed E-state index contributed by atoms with van der Waals surface area (Å²) < 4.78 is 1.79. The number of nitrogens with zero attached hydrogens (tertiary/aromatic N) is 2. The molecule has 84 valence electrons. The molecule has 0 unspecified atom stereocenters. The van der Waals surface area contributed by atoms with Gasteiger partial charge < -0.3 is 9.67 Å². The van der Waals surface area contributed by atoms with E-state index >= 15 is 0 Å². The normalized spacial score (nSPS) is 12.9. The highest BCUT2D eigenvalue weighted by Crippen LogP contribution is 2.21. The number of imidazole rings is 1. The van der Waals surface area contributed by atoms with E-state index in [0.717, 1.165) is 23.3 Å². The van der Waals surface area contributed by atoms with Gasteiger partial charge in [0.05, 0.1) is 11.0 Å². The van der Waals surface area contributed by atoms with E-state index in [0.29, 0.717) is 0 Å². The second kappa shape index (κ2) is 3.96. The van der Waals surface area contributed by atoms with E-state index in [2.05, 4.69) is 4.98 Å². The first-order valence-electron chi connectivity index (χ1n) is 5.33. The molecule has 0 radical (unpaired) electrons. The van der Waals surface area contributed by atoms with Crippen LogP contribution in [0.3, 0.4) is 0 Å². The average molecular weight is 218 g/mol. The van der Waals surface area contributed by atoms with Gasteiger partial charge in [-0.05, 0) is 19.1 Å². The molecule has 2 rings (SSSR count). The van der Waals surface area contributed by atoms with E-state index < -0.39 is 12.0 Å². The molecule has 0 amide bonds. The van der Waals surface area contributed by atoms with Crippen molar-refractivity contribution in [2.45, 2.75) is 26.3 Å². The van der Waals surface area contributed by atoms with E-state index in [1.807, 2.05) is 31.2 Å². The lowest BCUT2D eigenvalue weighted by atomic mass is 10.2. The summed E-state index contributed by atoms with van der Waals surface area (Å²) in [5.74, 6) is -0.0195. The number of aliphatic carboxylic acids is 1. The summed E-state index contributed by atoms with van der Waals surface area (Å²) in [4.78, 5) is 15.5. The van der Waals surface area contributed by atoms with Crippen molar-refractivity contribution >= 4 is 17.0 Å². The van der Waals surface area contributed by atoms with Crippen LogP contribution in [0.15, 0.2) is 24.3 Å². The SMILES string of the molecule is CCc1nc2ccccc2n1[C@H](C)C(=O)O. The Kier molecular flexibility index (Phi) is 2.64. The molecule has 0 saturated carbocycles. The molecule has 0 bridgehead atoms. The lowest BCUT2D eigenvalue weighted by Crippen LogP contribution is -2.17. The van der Waals surface area contributed by atoms with Gasteiger partial charge in [-0.15, -0.1) is 0 Å². The lowest BCUT2D eigenvalue weighted by Gasteiger charge is -2.12. The molecule has 4 nitrogen and oxygen atoms in total. The molecule has 1 aromatic heterocycles. The molecule has 0 aliphatic heterocycles. The third-order valence-electron chi connectivity index (χ3n) is 2.73. The number of aromatic nitrogens is 2.